The Bertz CT molecular complexity index is 1560. The van der Waals surface area contributed by atoms with E-state index in [2.05, 4.69) is 58.4 Å². The maximum atomic E-state index is 13.6. The number of amides is 1. The standard InChI is InChI=1S/C43H64N4O6S/c1-7-9-32-22-37(48)13-14-38(32)35-25-47-24-34-11-15-39(34)43(52-6,29-45-18-20-46(21-19-45)36(27-50-4)28-51-5)17-8-10-30(2)31(3)54-44-42(49)33-12-16-41(53-26-35)40(47)23-33/h8,12-14,16-17,22-23,30-31,34-36,39,48H,7,9-11,15,18-21,24-29H2,1-6H3,(H,44,49)/b17-8+/t30-,31+,34-,35-,39+,43+/m0/s1. The zero-order chi connectivity index (χ0) is 38.2. The van der Waals surface area contributed by atoms with Crippen LogP contribution in [0.15, 0.2) is 48.6 Å². The molecule has 3 heterocycles. The third-order valence-electron chi connectivity index (χ3n) is 12.6. The fraction of sp³-hybridized carbons (Fsp3) is 0.651. The van der Waals surface area contributed by atoms with Crippen molar-refractivity contribution < 1.29 is 28.8 Å². The molecule has 3 aliphatic heterocycles. The molecule has 11 heteroatoms. The predicted molar refractivity (Wildman–Crippen MR) is 218 cm³/mol. The Morgan fingerprint density at radius 3 is 2.48 bits per heavy atom. The van der Waals surface area contributed by atoms with Gasteiger partial charge in [0.15, 0.2) is 0 Å². The Labute approximate surface area is 328 Å². The van der Waals surface area contributed by atoms with E-state index in [1.165, 1.54) is 23.1 Å². The monoisotopic (exact) mass is 764 g/mol. The number of phenols is 1. The van der Waals surface area contributed by atoms with Crippen LogP contribution in [0.1, 0.15) is 73.9 Å². The molecule has 4 aliphatic rings. The lowest BCUT2D eigenvalue weighted by Gasteiger charge is -2.52. The number of ether oxygens (including phenoxy) is 4. The fourth-order valence-corrected chi connectivity index (χ4v) is 9.79. The summed E-state index contributed by atoms with van der Waals surface area (Å²) in [4.78, 5) is 21.2. The first kappa shape index (κ1) is 40.9. The number of piperazine rings is 1. The summed E-state index contributed by atoms with van der Waals surface area (Å²) < 4.78 is 27.6. The minimum atomic E-state index is -0.428. The fourth-order valence-electron chi connectivity index (χ4n) is 9.04. The van der Waals surface area contributed by atoms with Gasteiger partial charge in [0.25, 0.3) is 5.91 Å². The number of aryl methyl sites for hydroxylation is 1. The molecule has 1 amide bonds. The summed E-state index contributed by atoms with van der Waals surface area (Å²) in [6.45, 7) is 14.8. The molecule has 0 spiro atoms. The van der Waals surface area contributed by atoms with Crippen molar-refractivity contribution in [2.75, 3.05) is 91.9 Å². The zero-order valence-corrected chi connectivity index (χ0v) is 34.2. The SMILES string of the molecule is CCCc1cc(O)ccc1[C@@H]1COc2ccc3cc2N(C1)C[C@@H]1CC[C@H]1[C@@](CN1CCN(C(COC)COC)CC1)(OC)/C=C/C[C@H](C)[C@@H](C)SNC3=O. The molecule has 2 bridgehead atoms. The third-order valence-corrected chi connectivity index (χ3v) is 13.7. The van der Waals surface area contributed by atoms with E-state index in [0.29, 0.717) is 48.9 Å². The van der Waals surface area contributed by atoms with Gasteiger partial charge in [-0.3, -0.25) is 19.3 Å². The number of benzene rings is 2. The molecule has 6 atom stereocenters. The summed E-state index contributed by atoms with van der Waals surface area (Å²) in [5.74, 6) is 2.22. The van der Waals surface area contributed by atoms with Gasteiger partial charge in [-0.25, -0.2) is 0 Å². The topological polar surface area (TPSA) is 96.0 Å². The first-order chi connectivity index (χ1) is 26.2. The van der Waals surface area contributed by atoms with E-state index in [0.717, 1.165) is 89.4 Å². The van der Waals surface area contributed by atoms with Crippen molar-refractivity contribution in [1.82, 2.24) is 14.5 Å². The Kier molecular flexibility index (Phi) is 14.3. The number of aromatic hydroxyl groups is 1. The largest absolute Gasteiger partial charge is 0.508 e. The van der Waals surface area contributed by atoms with Crippen molar-refractivity contribution in [3.8, 4) is 11.5 Å². The van der Waals surface area contributed by atoms with Crippen LogP contribution in [0, 0.1) is 17.8 Å². The Morgan fingerprint density at radius 2 is 1.80 bits per heavy atom. The summed E-state index contributed by atoms with van der Waals surface area (Å²) >= 11 is 1.51. The van der Waals surface area contributed by atoms with Gasteiger partial charge >= 0.3 is 0 Å². The summed E-state index contributed by atoms with van der Waals surface area (Å²) in [7, 11) is 5.45. The van der Waals surface area contributed by atoms with Gasteiger partial charge in [0.05, 0.1) is 31.5 Å². The van der Waals surface area contributed by atoms with Crippen LogP contribution >= 0.6 is 11.9 Å². The van der Waals surface area contributed by atoms with Gasteiger partial charge in [0.2, 0.25) is 0 Å². The third kappa shape index (κ3) is 9.41. The number of carbonyl (C=O) groups excluding carboxylic acids is 1. The van der Waals surface area contributed by atoms with Crippen molar-refractivity contribution in [2.45, 2.75) is 75.7 Å². The number of anilines is 1. The number of methoxy groups -OCH3 is 3. The second-order valence-corrected chi connectivity index (χ2v) is 17.3. The summed E-state index contributed by atoms with van der Waals surface area (Å²) in [6.07, 6.45) is 9.79. The lowest BCUT2D eigenvalue weighted by molar-refractivity contribution is -0.0978. The molecule has 10 nitrogen and oxygen atoms in total. The number of nitrogens with one attached hydrogen (secondary N) is 1. The van der Waals surface area contributed by atoms with Crippen LogP contribution in [0.25, 0.3) is 0 Å². The van der Waals surface area contributed by atoms with E-state index in [4.69, 9.17) is 18.9 Å². The Morgan fingerprint density at radius 1 is 1.02 bits per heavy atom. The van der Waals surface area contributed by atoms with Gasteiger partial charge in [0.1, 0.15) is 17.1 Å². The number of rotatable bonds is 11. The molecule has 0 radical (unpaired) electrons. The van der Waals surface area contributed by atoms with Gasteiger partial charge in [-0.1, -0.05) is 45.4 Å². The average molecular weight is 765 g/mol. The number of carbonyl (C=O) groups is 1. The van der Waals surface area contributed by atoms with Crippen molar-refractivity contribution in [3.05, 3.63) is 65.2 Å². The molecule has 0 aromatic heterocycles. The minimum absolute atomic E-state index is 0.0789. The first-order valence-corrected chi connectivity index (χ1v) is 21.0. The molecule has 0 unspecified atom stereocenters. The lowest BCUT2D eigenvalue weighted by Crippen LogP contribution is -2.60. The van der Waals surface area contributed by atoms with Gasteiger partial charge in [0, 0.05) is 83.9 Å². The van der Waals surface area contributed by atoms with Crippen molar-refractivity contribution in [3.63, 3.8) is 0 Å². The van der Waals surface area contributed by atoms with E-state index in [9.17, 15) is 9.90 Å². The summed E-state index contributed by atoms with van der Waals surface area (Å²) in [6, 6.07) is 12.0. The quantitative estimate of drug-likeness (QED) is 0.198. The molecule has 2 aromatic rings. The summed E-state index contributed by atoms with van der Waals surface area (Å²) in [5.41, 5.74) is 3.59. The van der Waals surface area contributed by atoms with Crippen molar-refractivity contribution in [1.29, 1.82) is 0 Å². The maximum absolute atomic E-state index is 13.6. The normalized spacial score (nSPS) is 29.1. The molecule has 1 saturated carbocycles. The van der Waals surface area contributed by atoms with Crippen LogP contribution in [0.2, 0.25) is 0 Å². The highest BCUT2D eigenvalue weighted by Gasteiger charge is 2.48. The molecule has 6 rings (SSSR count). The molecule has 298 valence electrons. The lowest BCUT2D eigenvalue weighted by atomic mass is 9.63. The minimum Gasteiger partial charge on any atom is -0.508 e. The second-order valence-electron chi connectivity index (χ2n) is 16.1. The number of hydrogen-bond donors (Lipinski definition) is 2. The smallest absolute Gasteiger partial charge is 0.261 e. The van der Waals surface area contributed by atoms with E-state index in [1.807, 2.05) is 31.4 Å². The van der Waals surface area contributed by atoms with E-state index in [1.54, 1.807) is 20.3 Å². The zero-order valence-electron chi connectivity index (χ0n) is 33.4. The highest BCUT2D eigenvalue weighted by atomic mass is 32.2. The van der Waals surface area contributed by atoms with Gasteiger partial charge < -0.3 is 29.0 Å². The molecule has 2 aromatic carbocycles. The highest BCUT2D eigenvalue weighted by molar-refractivity contribution is 7.98. The van der Waals surface area contributed by atoms with Gasteiger partial charge in [-0.15, -0.1) is 0 Å². The number of phenolic OH excluding ortho intramolecular Hbond substituents is 1. The second kappa shape index (κ2) is 18.9. The number of hydrogen-bond acceptors (Lipinski definition) is 10. The van der Waals surface area contributed by atoms with Crippen LogP contribution in [-0.2, 0) is 20.6 Å². The summed E-state index contributed by atoms with van der Waals surface area (Å²) in [5, 5.41) is 10.6. The molecule has 2 fully saturated rings. The molecule has 1 saturated heterocycles. The Hall–Kier alpha value is -2.80. The van der Waals surface area contributed by atoms with Gasteiger partial charge in [-0.2, -0.15) is 0 Å². The Balaban J connectivity index is 1.32. The molecular formula is C43H64N4O6S. The van der Waals surface area contributed by atoms with Crippen LogP contribution in [-0.4, -0.2) is 125 Å². The van der Waals surface area contributed by atoms with E-state index in [-0.39, 0.29) is 23.1 Å². The van der Waals surface area contributed by atoms with E-state index >= 15 is 0 Å². The van der Waals surface area contributed by atoms with Crippen molar-refractivity contribution in [2.24, 2.45) is 17.8 Å². The molecule has 54 heavy (non-hydrogen) atoms. The number of nitrogens with zero attached hydrogens (tertiary/aromatic N) is 3. The van der Waals surface area contributed by atoms with E-state index < -0.39 is 5.60 Å². The van der Waals surface area contributed by atoms with Crippen LogP contribution in [0.5, 0.6) is 11.5 Å². The van der Waals surface area contributed by atoms with Crippen LogP contribution < -0.4 is 14.4 Å². The number of allylic oxidation sites excluding steroid dienone is 1. The molecule has 1 aliphatic carbocycles. The molecular weight excluding hydrogens is 701 g/mol. The molecule has 2 N–H and O–H groups in total. The van der Waals surface area contributed by atoms with Crippen LogP contribution in [0.4, 0.5) is 5.69 Å². The van der Waals surface area contributed by atoms with Crippen molar-refractivity contribution >= 4 is 23.5 Å². The first-order valence-electron chi connectivity index (χ1n) is 20.1. The highest BCUT2D eigenvalue weighted by Crippen LogP contribution is 2.47. The van der Waals surface area contributed by atoms with Gasteiger partial charge in [-0.05, 0) is 96.8 Å². The van der Waals surface area contributed by atoms with Crippen LogP contribution in [0.3, 0.4) is 0 Å². The number of fused-ring (bicyclic) bond motifs is 2. The average Bonchev–Trinajstić information content (AvgIpc) is 3.34. The maximum Gasteiger partial charge on any atom is 0.261 e. The predicted octanol–water partition coefficient (Wildman–Crippen LogP) is 6.38.